The standard InChI is InChI=1S/C23H19IN2O4/c1-13-9-14(2)22-19(10-13)26-23(30-22)18-11-16(5-8-20(18)27)25-21(28)12-29-17-6-3-15(24)4-7-17/h3-11,27H,12H2,1-2H3,(H,25,28). The van der Waals surface area contributed by atoms with E-state index in [1.54, 1.807) is 12.1 Å². The fourth-order valence-electron chi connectivity index (χ4n) is 3.15. The first kappa shape index (κ1) is 20.2. The molecule has 6 nitrogen and oxygen atoms in total. The number of anilines is 1. The molecule has 0 bridgehead atoms. The van der Waals surface area contributed by atoms with Gasteiger partial charge in [-0.15, -0.1) is 0 Å². The fourth-order valence-corrected chi connectivity index (χ4v) is 3.51. The molecule has 1 amide bonds. The average Bonchev–Trinajstić information content (AvgIpc) is 3.13. The Labute approximate surface area is 187 Å². The number of phenols is 1. The van der Waals surface area contributed by atoms with Gasteiger partial charge < -0.3 is 19.6 Å². The first-order valence-corrected chi connectivity index (χ1v) is 10.4. The van der Waals surface area contributed by atoms with Crippen LogP contribution >= 0.6 is 22.6 Å². The average molecular weight is 514 g/mol. The highest BCUT2D eigenvalue weighted by Crippen LogP contribution is 2.34. The number of halogens is 1. The van der Waals surface area contributed by atoms with E-state index in [1.165, 1.54) is 6.07 Å². The van der Waals surface area contributed by atoms with E-state index >= 15 is 0 Å². The van der Waals surface area contributed by atoms with E-state index in [0.29, 0.717) is 28.5 Å². The van der Waals surface area contributed by atoms with E-state index < -0.39 is 0 Å². The zero-order valence-corrected chi connectivity index (χ0v) is 18.6. The third kappa shape index (κ3) is 4.40. The zero-order valence-electron chi connectivity index (χ0n) is 16.4. The van der Waals surface area contributed by atoms with Crippen LogP contribution in [0.3, 0.4) is 0 Å². The second-order valence-corrected chi connectivity index (χ2v) is 8.22. The molecule has 0 saturated carbocycles. The number of oxazole rings is 1. The van der Waals surface area contributed by atoms with E-state index in [1.807, 2.05) is 50.2 Å². The van der Waals surface area contributed by atoms with Crippen molar-refractivity contribution in [2.75, 3.05) is 11.9 Å². The van der Waals surface area contributed by atoms with E-state index in [9.17, 15) is 9.90 Å². The summed E-state index contributed by atoms with van der Waals surface area (Å²) >= 11 is 2.20. The van der Waals surface area contributed by atoms with Gasteiger partial charge in [-0.1, -0.05) is 6.07 Å². The van der Waals surface area contributed by atoms with Gasteiger partial charge in [0.1, 0.15) is 17.0 Å². The Bertz CT molecular complexity index is 1230. The van der Waals surface area contributed by atoms with Crippen LogP contribution in [0.15, 0.2) is 59.0 Å². The highest BCUT2D eigenvalue weighted by Gasteiger charge is 2.15. The first-order valence-electron chi connectivity index (χ1n) is 9.28. The Morgan fingerprint density at radius 1 is 1.13 bits per heavy atom. The van der Waals surface area contributed by atoms with Gasteiger partial charge in [0, 0.05) is 9.26 Å². The SMILES string of the molecule is Cc1cc(C)c2oc(-c3cc(NC(=O)COc4ccc(I)cc4)ccc3O)nc2c1. The van der Waals surface area contributed by atoms with Crippen molar-refractivity contribution in [2.24, 2.45) is 0 Å². The number of aromatic hydroxyl groups is 1. The minimum absolute atomic E-state index is 0.0177. The Hall–Kier alpha value is -3.07. The minimum atomic E-state index is -0.311. The van der Waals surface area contributed by atoms with Gasteiger partial charge in [-0.05, 0) is 96.1 Å². The number of nitrogens with zero attached hydrogens (tertiary/aromatic N) is 1. The molecular weight excluding hydrogens is 495 g/mol. The summed E-state index contributed by atoms with van der Waals surface area (Å²) in [6.45, 7) is 3.82. The molecule has 7 heteroatoms. The lowest BCUT2D eigenvalue weighted by atomic mass is 10.1. The van der Waals surface area contributed by atoms with E-state index in [4.69, 9.17) is 9.15 Å². The lowest BCUT2D eigenvalue weighted by molar-refractivity contribution is -0.118. The van der Waals surface area contributed by atoms with Crippen LogP contribution in [-0.4, -0.2) is 22.6 Å². The van der Waals surface area contributed by atoms with Crippen molar-refractivity contribution >= 4 is 45.3 Å². The van der Waals surface area contributed by atoms with Gasteiger partial charge >= 0.3 is 0 Å². The number of ether oxygens (including phenoxy) is 1. The van der Waals surface area contributed by atoms with Crippen LogP contribution < -0.4 is 10.1 Å². The highest BCUT2D eigenvalue weighted by atomic mass is 127. The smallest absolute Gasteiger partial charge is 0.262 e. The van der Waals surface area contributed by atoms with Crippen molar-refractivity contribution in [3.8, 4) is 23.0 Å². The number of aromatic nitrogens is 1. The number of carbonyl (C=O) groups excluding carboxylic acids is 1. The van der Waals surface area contributed by atoms with Gasteiger partial charge in [0.2, 0.25) is 5.89 Å². The van der Waals surface area contributed by atoms with Gasteiger partial charge in [-0.2, -0.15) is 0 Å². The van der Waals surface area contributed by atoms with Crippen molar-refractivity contribution < 1.29 is 19.1 Å². The van der Waals surface area contributed by atoms with Gasteiger partial charge in [-0.25, -0.2) is 4.98 Å². The fraction of sp³-hybridized carbons (Fsp3) is 0.130. The van der Waals surface area contributed by atoms with Crippen LogP contribution in [0, 0.1) is 17.4 Å². The molecule has 0 aliphatic rings. The molecule has 0 aliphatic heterocycles. The number of phenolic OH excluding ortho intramolecular Hbond substituents is 1. The van der Waals surface area contributed by atoms with Gasteiger partial charge in [0.15, 0.2) is 12.2 Å². The molecule has 0 spiro atoms. The van der Waals surface area contributed by atoms with Crippen molar-refractivity contribution in [2.45, 2.75) is 13.8 Å². The maximum atomic E-state index is 12.3. The second-order valence-electron chi connectivity index (χ2n) is 6.97. The second kappa shape index (κ2) is 8.35. The number of nitrogens with one attached hydrogen (secondary N) is 1. The Kier molecular flexibility index (Phi) is 5.63. The topological polar surface area (TPSA) is 84.6 Å². The van der Waals surface area contributed by atoms with Crippen molar-refractivity contribution in [3.63, 3.8) is 0 Å². The normalized spacial score (nSPS) is 10.9. The molecule has 0 radical (unpaired) electrons. The molecule has 0 fully saturated rings. The summed E-state index contributed by atoms with van der Waals surface area (Å²) in [4.78, 5) is 16.8. The third-order valence-electron chi connectivity index (χ3n) is 4.51. The lowest BCUT2D eigenvalue weighted by Crippen LogP contribution is -2.20. The van der Waals surface area contributed by atoms with Gasteiger partial charge in [-0.3, -0.25) is 4.79 Å². The molecule has 1 aromatic heterocycles. The zero-order chi connectivity index (χ0) is 21.3. The predicted octanol–water partition coefficient (Wildman–Crippen LogP) is 5.44. The van der Waals surface area contributed by atoms with Crippen LogP contribution in [0.5, 0.6) is 11.5 Å². The van der Waals surface area contributed by atoms with Crippen LogP contribution in [0.2, 0.25) is 0 Å². The number of hydrogen-bond acceptors (Lipinski definition) is 5. The third-order valence-corrected chi connectivity index (χ3v) is 5.23. The maximum Gasteiger partial charge on any atom is 0.262 e. The molecule has 0 saturated heterocycles. The van der Waals surface area contributed by atoms with Crippen molar-refractivity contribution in [1.82, 2.24) is 4.98 Å². The molecule has 2 N–H and O–H groups in total. The largest absolute Gasteiger partial charge is 0.507 e. The molecular formula is C23H19IN2O4. The molecule has 0 unspecified atom stereocenters. The Balaban J connectivity index is 1.52. The monoisotopic (exact) mass is 514 g/mol. The summed E-state index contributed by atoms with van der Waals surface area (Å²) in [5, 5.41) is 13.1. The molecule has 1 heterocycles. The number of amides is 1. The summed E-state index contributed by atoms with van der Waals surface area (Å²) in [5.41, 5.74) is 4.37. The molecule has 4 aromatic rings. The predicted molar refractivity (Wildman–Crippen MR) is 124 cm³/mol. The molecule has 152 valence electrons. The van der Waals surface area contributed by atoms with Crippen LogP contribution in [0.25, 0.3) is 22.6 Å². The molecule has 4 rings (SSSR count). The van der Waals surface area contributed by atoms with Gasteiger partial charge in [0.05, 0.1) is 5.56 Å². The number of aryl methyl sites for hydroxylation is 2. The summed E-state index contributed by atoms with van der Waals surface area (Å²) in [6, 6.07) is 16.1. The Morgan fingerprint density at radius 3 is 2.67 bits per heavy atom. The van der Waals surface area contributed by atoms with Crippen LogP contribution in [0.1, 0.15) is 11.1 Å². The Morgan fingerprint density at radius 2 is 1.90 bits per heavy atom. The minimum Gasteiger partial charge on any atom is -0.507 e. The van der Waals surface area contributed by atoms with Crippen molar-refractivity contribution in [1.29, 1.82) is 0 Å². The summed E-state index contributed by atoms with van der Waals surface area (Å²) < 4.78 is 12.5. The number of hydrogen-bond donors (Lipinski definition) is 2. The van der Waals surface area contributed by atoms with Gasteiger partial charge in [0.25, 0.3) is 5.91 Å². The first-order chi connectivity index (χ1) is 14.4. The highest BCUT2D eigenvalue weighted by molar-refractivity contribution is 14.1. The number of rotatable bonds is 5. The number of fused-ring (bicyclic) bond motifs is 1. The molecule has 0 aliphatic carbocycles. The molecule has 3 aromatic carbocycles. The van der Waals surface area contributed by atoms with E-state index in [-0.39, 0.29) is 18.3 Å². The van der Waals surface area contributed by atoms with Crippen LogP contribution in [-0.2, 0) is 4.79 Å². The van der Waals surface area contributed by atoms with E-state index in [2.05, 4.69) is 32.9 Å². The number of carbonyl (C=O) groups is 1. The summed E-state index contributed by atoms with van der Waals surface area (Å²) in [7, 11) is 0. The van der Waals surface area contributed by atoms with E-state index in [0.717, 1.165) is 20.2 Å². The van der Waals surface area contributed by atoms with Crippen molar-refractivity contribution in [3.05, 3.63) is 69.3 Å². The maximum absolute atomic E-state index is 12.3. The molecule has 0 atom stereocenters. The summed E-state index contributed by atoms with van der Waals surface area (Å²) in [5.74, 6) is 0.620. The number of benzene rings is 3. The lowest BCUT2D eigenvalue weighted by Gasteiger charge is -2.09. The quantitative estimate of drug-likeness (QED) is 0.274. The summed E-state index contributed by atoms with van der Waals surface area (Å²) in [6.07, 6.45) is 0. The molecule has 30 heavy (non-hydrogen) atoms. The van der Waals surface area contributed by atoms with Crippen LogP contribution in [0.4, 0.5) is 5.69 Å².